The number of ether oxygens (including phenoxy) is 1. The second-order valence-corrected chi connectivity index (χ2v) is 4.52. The number of carbonyl (C=O) groups is 1. The fraction of sp³-hybridized carbons (Fsp3) is 0.188. The Morgan fingerprint density at radius 1 is 1.25 bits per heavy atom. The number of benzene rings is 2. The zero-order valence-electron chi connectivity index (χ0n) is 11.4. The van der Waals surface area contributed by atoms with Crippen LogP contribution in [0.25, 0.3) is 0 Å². The van der Waals surface area contributed by atoms with Gasteiger partial charge in [0.05, 0.1) is 12.7 Å². The van der Waals surface area contributed by atoms with Crippen molar-refractivity contribution in [2.24, 2.45) is 0 Å². The van der Waals surface area contributed by atoms with Gasteiger partial charge in [0.2, 0.25) is 0 Å². The van der Waals surface area contributed by atoms with Crippen molar-refractivity contribution < 1.29 is 13.9 Å². The average Bonchev–Trinajstić information content (AvgIpc) is 2.47. The number of esters is 1. The molecule has 0 spiro atoms. The van der Waals surface area contributed by atoms with E-state index < -0.39 is 5.97 Å². The monoisotopic (exact) mass is 273 g/mol. The Hall–Kier alpha value is -2.36. The van der Waals surface area contributed by atoms with Crippen LogP contribution in [0.15, 0.2) is 42.5 Å². The molecule has 0 aliphatic heterocycles. The summed E-state index contributed by atoms with van der Waals surface area (Å²) in [6.07, 6.45) is 0. The number of anilines is 1. The lowest BCUT2D eigenvalue weighted by molar-refractivity contribution is 0.0601. The van der Waals surface area contributed by atoms with Gasteiger partial charge in [-0.05, 0) is 31.2 Å². The van der Waals surface area contributed by atoms with Gasteiger partial charge >= 0.3 is 5.97 Å². The van der Waals surface area contributed by atoms with E-state index in [1.165, 1.54) is 13.2 Å². The molecule has 0 bridgehead atoms. The molecule has 2 aromatic rings. The topological polar surface area (TPSA) is 38.3 Å². The molecule has 0 aliphatic carbocycles. The minimum atomic E-state index is -0.393. The summed E-state index contributed by atoms with van der Waals surface area (Å²) in [5, 5.41) is 3.10. The molecule has 0 aromatic heterocycles. The maximum atomic E-state index is 13.6. The Labute approximate surface area is 117 Å². The molecular formula is C16H16FNO2. The van der Waals surface area contributed by atoms with Crippen LogP contribution in [0, 0.1) is 12.7 Å². The first-order valence-corrected chi connectivity index (χ1v) is 6.27. The lowest BCUT2D eigenvalue weighted by atomic mass is 10.1. The summed E-state index contributed by atoms with van der Waals surface area (Å²) >= 11 is 0. The number of carbonyl (C=O) groups excluding carboxylic acids is 1. The molecule has 104 valence electrons. The zero-order chi connectivity index (χ0) is 14.5. The molecule has 0 amide bonds. The standard InChI is InChI=1S/C16H16FNO2/c1-11-6-7-15(17)13(8-11)10-18-14-5-3-4-12(9-14)16(19)20-2/h3-9,18H,10H2,1-2H3. The zero-order valence-corrected chi connectivity index (χ0v) is 11.4. The van der Waals surface area contributed by atoms with Gasteiger partial charge in [-0.1, -0.05) is 23.8 Å². The number of methoxy groups -OCH3 is 1. The van der Waals surface area contributed by atoms with E-state index in [0.717, 1.165) is 11.3 Å². The average molecular weight is 273 g/mol. The molecule has 0 saturated heterocycles. The molecule has 20 heavy (non-hydrogen) atoms. The highest BCUT2D eigenvalue weighted by atomic mass is 19.1. The largest absolute Gasteiger partial charge is 0.465 e. The van der Waals surface area contributed by atoms with E-state index in [1.807, 2.05) is 13.0 Å². The molecule has 2 rings (SSSR count). The van der Waals surface area contributed by atoms with E-state index in [-0.39, 0.29) is 5.82 Å². The van der Waals surface area contributed by atoms with Crippen LogP contribution in [0.4, 0.5) is 10.1 Å². The van der Waals surface area contributed by atoms with Crippen LogP contribution < -0.4 is 5.32 Å². The van der Waals surface area contributed by atoms with Gasteiger partial charge in [0, 0.05) is 17.8 Å². The van der Waals surface area contributed by atoms with Crippen molar-refractivity contribution in [1.82, 2.24) is 0 Å². The maximum Gasteiger partial charge on any atom is 0.337 e. The Balaban J connectivity index is 2.11. The summed E-state index contributed by atoms with van der Waals surface area (Å²) in [6, 6.07) is 11.9. The first-order chi connectivity index (χ1) is 9.60. The predicted octanol–water partition coefficient (Wildman–Crippen LogP) is 3.53. The molecule has 4 heteroatoms. The van der Waals surface area contributed by atoms with E-state index >= 15 is 0 Å². The molecular weight excluding hydrogens is 257 g/mol. The number of halogens is 1. The Morgan fingerprint density at radius 3 is 2.80 bits per heavy atom. The van der Waals surface area contributed by atoms with Gasteiger partial charge in [0.25, 0.3) is 0 Å². The van der Waals surface area contributed by atoms with Gasteiger partial charge in [0.1, 0.15) is 5.82 Å². The first-order valence-electron chi connectivity index (χ1n) is 6.27. The van der Waals surface area contributed by atoms with Crippen molar-refractivity contribution in [3.05, 3.63) is 65.0 Å². The van der Waals surface area contributed by atoms with Crippen molar-refractivity contribution >= 4 is 11.7 Å². The normalized spacial score (nSPS) is 10.2. The van der Waals surface area contributed by atoms with Crippen molar-refractivity contribution in [2.75, 3.05) is 12.4 Å². The van der Waals surface area contributed by atoms with E-state index in [1.54, 1.807) is 30.3 Å². The molecule has 3 nitrogen and oxygen atoms in total. The third-order valence-corrected chi connectivity index (χ3v) is 2.97. The van der Waals surface area contributed by atoms with E-state index in [0.29, 0.717) is 17.7 Å². The molecule has 0 fully saturated rings. The highest BCUT2D eigenvalue weighted by Gasteiger charge is 2.06. The third kappa shape index (κ3) is 3.35. The molecule has 2 aromatic carbocycles. The molecule has 0 heterocycles. The second kappa shape index (κ2) is 6.19. The van der Waals surface area contributed by atoms with Crippen molar-refractivity contribution in [1.29, 1.82) is 0 Å². The SMILES string of the molecule is COC(=O)c1cccc(NCc2cc(C)ccc2F)c1. The summed E-state index contributed by atoms with van der Waals surface area (Å²) in [5.41, 5.74) is 2.80. The maximum absolute atomic E-state index is 13.6. The molecule has 0 saturated carbocycles. The van der Waals surface area contributed by atoms with Gasteiger partial charge in [-0.2, -0.15) is 0 Å². The fourth-order valence-electron chi connectivity index (χ4n) is 1.91. The summed E-state index contributed by atoms with van der Waals surface area (Å²) in [4.78, 5) is 11.4. The Kier molecular flexibility index (Phi) is 4.35. The lowest BCUT2D eigenvalue weighted by Crippen LogP contribution is -2.05. The number of hydrogen-bond donors (Lipinski definition) is 1. The second-order valence-electron chi connectivity index (χ2n) is 4.52. The fourth-order valence-corrected chi connectivity index (χ4v) is 1.91. The Morgan fingerprint density at radius 2 is 2.05 bits per heavy atom. The number of nitrogens with one attached hydrogen (secondary N) is 1. The quantitative estimate of drug-likeness (QED) is 0.866. The lowest BCUT2D eigenvalue weighted by Gasteiger charge is -2.09. The van der Waals surface area contributed by atoms with Gasteiger partial charge in [-0.3, -0.25) is 0 Å². The molecule has 0 radical (unpaired) electrons. The number of hydrogen-bond acceptors (Lipinski definition) is 3. The molecule has 0 aliphatic rings. The minimum absolute atomic E-state index is 0.243. The van der Waals surface area contributed by atoms with E-state index in [9.17, 15) is 9.18 Å². The first kappa shape index (κ1) is 14.1. The highest BCUT2D eigenvalue weighted by Crippen LogP contribution is 2.15. The van der Waals surface area contributed by atoms with Crippen LogP contribution in [0.1, 0.15) is 21.5 Å². The summed E-state index contributed by atoms with van der Waals surface area (Å²) in [7, 11) is 1.34. The smallest absolute Gasteiger partial charge is 0.337 e. The van der Waals surface area contributed by atoms with Crippen LogP contribution >= 0.6 is 0 Å². The summed E-state index contributed by atoms with van der Waals surface area (Å²) in [6.45, 7) is 2.28. The minimum Gasteiger partial charge on any atom is -0.465 e. The van der Waals surface area contributed by atoms with Crippen molar-refractivity contribution in [2.45, 2.75) is 13.5 Å². The Bertz CT molecular complexity index is 626. The van der Waals surface area contributed by atoms with Gasteiger partial charge in [0.15, 0.2) is 0 Å². The molecule has 1 N–H and O–H groups in total. The van der Waals surface area contributed by atoms with Gasteiger partial charge in [-0.15, -0.1) is 0 Å². The van der Waals surface area contributed by atoms with Crippen LogP contribution in [-0.4, -0.2) is 13.1 Å². The van der Waals surface area contributed by atoms with E-state index in [4.69, 9.17) is 0 Å². The van der Waals surface area contributed by atoms with Crippen LogP contribution in [0.2, 0.25) is 0 Å². The predicted molar refractivity (Wildman–Crippen MR) is 76.2 cm³/mol. The highest BCUT2D eigenvalue weighted by molar-refractivity contribution is 5.90. The summed E-state index contributed by atoms with van der Waals surface area (Å²) < 4.78 is 18.3. The van der Waals surface area contributed by atoms with Gasteiger partial charge < -0.3 is 10.1 Å². The third-order valence-electron chi connectivity index (χ3n) is 2.97. The van der Waals surface area contributed by atoms with Crippen molar-refractivity contribution in [3.8, 4) is 0 Å². The van der Waals surface area contributed by atoms with Crippen LogP contribution in [0.3, 0.4) is 0 Å². The number of rotatable bonds is 4. The van der Waals surface area contributed by atoms with Crippen molar-refractivity contribution in [3.63, 3.8) is 0 Å². The van der Waals surface area contributed by atoms with E-state index in [2.05, 4.69) is 10.1 Å². The van der Waals surface area contributed by atoms with Crippen LogP contribution in [-0.2, 0) is 11.3 Å². The number of aryl methyl sites for hydroxylation is 1. The molecule has 0 unspecified atom stereocenters. The van der Waals surface area contributed by atoms with Gasteiger partial charge in [-0.25, -0.2) is 9.18 Å². The molecule has 0 atom stereocenters. The summed E-state index contributed by atoms with van der Waals surface area (Å²) in [5.74, 6) is -0.636. The van der Waals surface area contributed by atoms with Crippen LogP contribution in [0.5, 0.6) is 0 Å².